The molecule has 0 radical (unpaired) electrons. The first-order valence-corrected chi connectivity index (χ1v) is 6.90. The van der Waals surface area contributed by atoms with Crippen molar-refractivity contribution in [2.75, 3.05) is 6.54 Å². The molecule has 1 amide bonds. The highest BCUT2D eigenvalue weighted by Crippen LogP contribution is 2.27. The molecule has 20 heavy (non-hydrogen) atoms. The number of aliphatic carboxylic acids is 1. The van der Waals surface area contributed by atoms with Gasteiger partial charge in [-0.25, -0.2) is 0 Å². The van der Waals surface area contributed by atoms with Crippen LogP contribution in [0.15, 0.2) is 33.2 Å². The van der Waals surface area contributed by atoms with Gasteiger partial charge in [0.1, 0.15) is 12.1 Å². The van der Waals surface area contributed by atoms with Gasteiger partial charge in [0, 0.05) is 11.4 Å². The molecule has 5 nitrogen and oxygen atoms in total. The third-order valence-electron chi connectivity index (χ3n) is 2.90. The number of rotatable bonds is 4. The highest BCUT2D eigenvalue weighted by molar-refractivity contribution is 9.10. The second-order valence-corrected chi connectivity index (χ2v) is 5.54. The van der Waals surface area contributed by atoms with E-state index in [2.05, 4.69) is 15.9 Å². The summed E-state index contributed by atoms with van der Waals surface area (Å²) in [7, 11) is 0. The van der Waals surface area contributed by atoms with E-state index in [1.807, 2.05) is 18.2 Å². The molecule has 0 bridgehead atoms. The zero-order valence-corrected chi connectivity index (χ0v) is 12.7. The Kier molecular flexibility index (Phi) is 4.13. The minimum atomic E-state index is -1.05. The van der Waals surface area contributed by atoms with Crippen molar-refractivity contribution in [2.24, 2.45) is 0 Å². The third kappa shape index (κ3) is 2.85. The number of carbonyl (C=O) groups is 2. The number of halogens is 1. The standard InChI is InChI=1S/C14H14BrNO4/c1-8(2)16(7-12(17)18)14(19)11-6-9-4-3-5-10(15)13(9)20-11/h3-6,8H,7H2,1-2H3,(H,17,18). The summed E-state index contributed by atoms with van der Waals surface area (Å²) in [6, 6.07) is 6.89. The Hall–Kier alpha value is -1.82. The monoisotopic (exact) mass is 339 g/mol. The highest BCUT2D eigenvalue weighted by atomic mass is 79.9. The number of hydrogen-bond acceptors (Lipinski definition) is 3. The van der Waals surface area contributed by atoms with E-state index in [0.29, 0.717) is 5.58 Å². The van der Waals surface area contributed by atoms with Gasteiger partial charge in [-0.2, -0.15) is 0 Å². The van der Waals surface area contributed by atoms with Crippen molar-refractivity contribution in [3.8, 4) is 0 Å². The average molecular weight is 340 g/mol. The quantitative estimate of drug-likeness (QED) is 0.928. The van der Waals surface area contributed by atoms with Crippen molar-refractivity contribution in [3.05, 3.63) is 34.5 Å². The van der Waals surface area contributed by atoms with Crippen LogP contribution in [0.3, 0.4) is 0 Å². The Morgan fingerprint density at radius 1 is 1.40 bits per heavy atom. The van der Waals surface area contributed by atoms with Crippen molar-refractivity contribution in [1.29, 1.82) is 0 Å². The number of hydrogen-bond donors (Lipinski definition) is 1. The predicted molar refractivity (Wildman–Crippen MR) is 77.7 cm³/mol. The van der Waals surface area contributed by atoms with Gasteiger partial charge in [0.05, 0.1) is 4.47 Å². The van der Waals surface area contributed by atoms with Crippen LogP contribution in [0, 0.1) is 0 Å². The average Bonchev–Trinajstić information content (AvgIpc) is 2.80. The summed E-state index contributed by atoms with van der Waals surface area (Å²) in [5.41, 5.74) is 0.579. The fourth-order valence-corrected chi connectivity index (χ4v) is 2.37. The van der Waals surface area contributed by atoms with E-state index in [-0.39, 0.29) is 18.3 Å². The number of furan rings is 1. The summed E-state index contributed by atoms with van der Waals surface area (Å²) in [6.45, 7) is 3.17. The first-order chi connectivity index (χ1) is 9.40. The molecule has 0 spiro atoms. The molecular weight excluding hydrogens is 326 g/mol. The van der Waals surface area contributed by atoms with Gasteiger partial charge >= 0.3 is 5.97 Å². The Balaban J connectivity index is 2.38. The van der Waals surface area contributed by atoms with Crippen LogP contribution in [0.1, 0.15) is 24.4 Å². The number of nitrogens with zero attached hydrogens (tertiary/aromatic N) is 1. The molecule has 0 saturated carbocycles. The summed E-state index contributed by atoms with van der Waals surface area (Å²) in [4.78, 5) is 24.5. The summed E-state index contributed by atoms with van der Waals surface area (Å²) in [5.74, 6) is -1.34. The van der Waals surface area contributed by atoms with Crippen LogP contribution in [-0.4, -0.2) is 34.5 Å². The lowest BCUT2D eigenvalue weighted by molar-refractivity contribution is -0.138. The maximum atomic E-state index is 12.4. The van der Waals surface area contributed by atoms with Crippen LogP contribution in [0.5, 0.6) is 0 Å². The van der Waals surface area contributed by atoms with E-state index in [4.69, 9.17) is 9.52 Å². The maximum Gasteiger partial charge on any atom is 0.323 e. The Bertz CT molecular complexity index is 662. The van der Waals surface area contributed by atoms with Gasteiger partial charge in [-0.05, 0) is 41.9 Å². The lowest BCUT2D eigenvalue weighted by Crippen LogP contribution is -2.40. The molecule has 106 valence electrons. The van der Waals surface area contributed by atoms with E-state index < -0.39 is 11.9 Å². The first-order valence-electron chi connectivity index (χ1n) is 6.11. The normalized spacial score (nSPS) is 11.0. The molecule has 0 fully saturated rings. The molecular formula is C14H14BrNO4. The molecule has 2 aromatic rings. The van der Waals surface area contributed by atoms with Gasteiger partial charge in [-0.1, -0.05) is 12.1 Å². The van der Waals surface area contributed by atoms with Crippen LogP contribution in [0.4, 0.5) is 0 Å². The molecule has 1 heterocycles. The molecule has 6 heteroatoms. The SMILES string of the molecule is CC(C)N(CC(=O)O)C(=O)c1cc2cccc(Br)c2o1. The molecule has 1 aromatic heterocycles. The van der Waals surface area contributed by atoms with Crippen molar-refractivity contribution in [1.82, 2.24) is 4.90 Å². The minimum Gasteiger partial charge on any atom is -0.480 e. The largest absolute Gasteiger partial charge is 0.480 e. The molecule has 0 aliphatic carbocycles. The molecule has 0 atom stereocenters. The van der Waals surface area contributed by atoms with Crippen molar-refractivity contribution in [3.63, 3.8) is 0 Å². The molecule has 0 aliphatic rings. The Morgan fingerprint density at radius 2 is 2.10 bits per heavy atom. The number of amides is 1. The van der Waals surface area contributed by atoms with Gasteiger partial charge in [0.2, 0.25) is 0 Å². The summed E-state index contributed by atoms with van der Waals surface area (Å²) >= 11 is 3.35. The van der Waals surface area contributed by atoms with Gasteiger partial charge < -0.3 is 14.4 Å². The van der Waals surface area contributed by atoms with E-state index in [1.165, 1.54) is 4.90 Å². The van der Waals surface area contributed by atoms with Crippen molar-refractivity contribution in [2.45, 2.75) is 19.9 Å². The maximum absolute atomic E-state index is 12.4. The van der Waals surface area contributed by atoms with E-state index in [0.717, 1.165) is 9.86 Å². The van der Waals surface area contributed by atoms with Gasteiger partial charge in [-0.15, -0.1) is 0 Å². The zero-order valence-electron chi connectivity index (χ0n) is 11.1. The van der Waals surface area contributed by atoms with Crippen LogP contribution in [0.2, 0.25) is 0 Å². The fourth-order valence-electron chi connectivity index (χ4n) is 1.91. The molecule has 1 N–H and O–H groups in total. The summed E-state index contributed by atoms with van der Waals surface area (Å²) in [6.07, 6.45) is 0. The number of carboxylic acid groups (broad SMARTS) is 1. The smallest absolute Gasteiger partial charge is 0.323 e. The van der Waals surface area contributed by atoms with Crippen molar-refractivity contribution >= 4 is 38.8 Å². The topological polar surface area (TPSA) is 70.8 Å². The van der Waals surface area contributed by atoms with E-state index in [9.17, 15) is 9.59 Å². The Morgan fingerprint density at radius 3 is 2.65 bits per heavy atom. The van der Waals surface area contributed by atoms with Gasteiger partial charge in [0.15, 0.2) is 5.76 Å². The van der Waals surface area contributed by atoms with Crippen LogP contribution in [-0.2, 0) is 4.79 Å². The third-order valence-corrected chi connectivity index (χ3v) is 3.52. The number of carboxylic acids is 1. The summed E-state index contributed by atoms with van der Waals surface area (Å²) < 4.78 is 6.30. The lowest BCUT2D eigenvalue weighted by Gasteiger charge is -2.23. The Labute approximate surface area is 124 Å². The van der Waals surface area contributed by atoms with E-state index in [1.54, 1.807) is 19.9 Å². The lowest BCUT2D eigenvalue weighted by atomic mass is 10.2. The van der Waals surface area contributed by atoms with Gasteiger partial charge in [0.25, 0.3) is 5.91 Å². The van der Waals surface area contributed by atoms with Crippen LogP contribution in [0.25, 0.3) is 11.0 Å². The minimum absolute atomic E-state index is 0.141. The number of fused-ring (bicyclic) bond motifs is 1. The second-order valence-electron chi connectivity index (χ2n) is 4.69. The predicted octanol–water partition coefficient (Wildman–Crippen LogP) is 3.13. The molecule has 0 aliphatic heterocycles. The highest BCUT2D eigenvalue weighted by Gasteiger charge is 2.24. The fraction of sp³-hybridized carbons (Fsp3) is 0.286. The van der Waals surface area contributed by atoms with Crippen LogP contribution >= 0.6 is 15.9 Å². The van der Waals surface area contributed by atoms with Gasteiger partial charge in [-0.3, -0.25) is 9.59 Å². The molecule has 2 rings (SSSR count). The van der Waals surface area contributed by atoms with E-state index >= 15 is 0 Å². The number of carbonyl (C=O) groups excluding carboxylic acids is 1. The number of para-hydroxylation sites is 1. The number of benzene rings is 1. The second kappa shape index (κ2) is 5.66. The first kappa shape index (κ1) is 14.6. The van der Waals surface area contributed by atoms with Crippen molar-refractivity contribution < 1.29 is 19.1 Å². The zero-order chi connectivity index (χ0) is 14.9. The molecule has 0 saturated heterocycles. The summed E-state index contributed by atoms with van der Waals surface area (Å²) in [5, 5.41) is 9.67. The van der Waals surface area contributed by atoms with Crippen LogP contribution < -0.4 is 0 Å². The molecule has 1 aromatic carbocycles. The molecule has 0 unspecified atom stereocenters.